The van der Waals surface area contributed by atoms with Crippen LogP contribution in [0, 0.1) is 11.8 Å². The molecule has 142 valence electrons. The lowest BCUT2D eigenvalue weighted by Gasteiger charge is -2.28. The summed E-state index contributed by atoms with van der Waals surface area (Å²) in [6, 6.07) is 8.11. The second-order valence-corrected chi connectivity index (χ2v) is 7.18. The Kier molecular flexibility index (Phi) is 9.91. The standard InChI is InChI=1S/C20H32N2O2.ClH/c1-15(2)18-8-4-5-9-19(18)24-12-11-22-20(23)13-16(3)17-7-6-10-21-14-17;/h4-5,8-9,15-17,21H,6-7,10-14H2,1-3H3,(H,22,23);1H. The monoisotopic (exact) mass is 368 g/mol. The average Bonchev–Trinajstić information content (AvgIpc) is 2.59. The van der Waals surface area contributed by atoms with Crippen molar-refractivity contribution in [1.82, 2.24) is 10.6 Å². The van der Waals surface area contributed by atoms with Crippen LogP contribution in [0.15, 0.2) is 24.3 Å². The van der Waals surface area contributed by atoms with E-state index in [2.05, 4.69) is 37.5 Å². The molecule has 0 radical (unpaired) electrons. The molecular weight excluding hydrogens is 336 g/mol. The van der Waals surface area contributed by atoms with Crippen LogP contribution in [0.4, 0.5) is 0 Å². The van der Waals surface area contributed by atoms with Gasteiger partial charge in [-0.3, -0.25) is 4.79 Å². The molecule has 1 aromatic carbocycles. The van der Waals surface area contributed by atoms with Gasteiger partial charge in [0.15, 0.2) is 0 Å². The van der Waals surface area contributed by atoms with E-state index < -0.39 is 0 Å². The summed E-state index contributed by atoms with van der Waals surface area (Å²) in [6.45, 7) is 9.73. The van der Waals surface area contributed by atoms with Crippen molar-refractivity contribution in [3.05, 3.63) is 29.8 Å². The lowest BCUT2D eigenvalue weighted by atomic mass is 9.85. The van der Waals surface area contributed by atoms with E-state index >= 15 is 0 Å². The van der Waals surface area contributed by atoms with Crippen molar-refractivity contribution in [2.24, 2.45) is 11.8 Å². The van der Waals surface area contributed by atoms with Crippen molar-refractivity contribution in [3.63, 3.8) is 0 Å². The van der Waals surface area contributed by atoms with E-state index in [9.17, 15) is 4.79 Å². The Morgan fingerprint density at radius 1 is 1.32 bits per heavy atom. The van der Waals surface area contributed by atoms with Gasteiger partial charge >= 0.3 is 0 Å². The van der Waals surface area contributed by atoms with E-state index in [-0.39, 0.29) is 18.3 Å². The number of carbonyl (C=O) groups is 1. The van der Waals surface area contributed by atoms with E-state index in [0.29, 0.717) is 37.3 Å². The van der Waals surface area contributed by atoms with Gasteiger partial charge < -0.3 is 15.4 Å². The van der Waals surface area contributed by atoms with Gasteiger partial charge in [0.25, 0.3) is 0 Å². The Bertz CT molecular complexity index is 516. The van der Waals surface area contributed by atoms with Crippen LogP contribution in [0.2, 0.25) is 0 Å². The Morgan fingerprint density at radius 3 is 2.76 bits per heavy atom. The third-order valence-electron chi connectivity index (χ3n) is 4.87. The number of rotatable bonds is 8. The molecule has 2 atom stereocenters. The molecule has 2 N–H and O–H groups in total. The minimum atomic E-state index is 0. The van der Waals surface area contributed by atoms with Gasteiger partial charge in [0.1, 0.15) is 12.4 Å². The van der Waals surface area contributed by atoms with Crippen molar-refractivity contribution >= 4 is 18.3 Å². The van der Waals surface area contributed by atoms with Crippen molar-refractivity contribution in [2.45, 2.75) is 46.0 Å². The number of amides is 1. The Morgan fingerprint density at radius 2 is 2.08 bits per heavy atom. The lowest BCUT2D eigenvalue weighted by molar-refractivity contribution is -0.122. The second kappa shape index (κ2) is 11.4. The predicted octanol–water partition coefficient (Wildman–Crippen LogP) is 3.75. The van der Waals surface area contributed by atoms with E-state index in [1.54, 1.807) is 0 Å². The van der Waals surface area contributed by atoms with Crippen molar-refractivity contribution in [1.29, 1.82) is 0 Å². The highest BCUT2D eigenvalue weighted by Gasteiger charge is 2.21. The summed E-state index contributed by atoms with van der Waals surface area (Å²) in [6.07, 6.45) is 3.06. The SMILES string of the molecule is CC(C)c1ccccc1OCCNC(=O)CC(C)C1CCCNC1.Cl. The van der Waals surface area contributed by atoms with Crippen LogP contribution in [0.25, 0.3) is 0 Å². The summed E-state index contributed by atoms with van der Waals surface area (Å²) in [4.78, 5) is 12.1. The highest BCUT2D eigenvalue weighted by Crippen LogP contribution is 2.25. The first kappa shape index (κ1) is 21.8. The van der Waals surface area contributed by atoms with Gasteiger partial charge in [-0.25, -0.2) is 0 Å². The van der Waals surface area contributed by atoms with Crippen LogP contribution < -0.4 is 15.4 Å². The fraction of sp³-hybridized carbons (Fsp3) is 0.650. The molecule has 2 unspecified atom stereocenters. The minimum Gasteiger partial charge on any atom is -0.491 e. The Labute approximate surface area is 158 Å². The van der Waals surface area contributed by atoms with Gasteiger partial charge in [0.05, 0.1) is 6.54 Å². The molecule has 1 aliphatic heterocycles. The van der Waals surface area contributed by atoms with Crippen molar-refractivity contribution in [2.75, 3.05) is 26.2 Å². The third kappa shape index (κ3) is 7.25. The summed E-state index contributed by atoms with van der Waals surface area (Å²) >= 11 is 0. The van der Waals surface area contributed by atoms with Gasteiger partial charge in [-0.05, 0) is 55.3 Å². The molecule has 25 heavy (non-hydrogen) atoms. The summed E-state index contributed by atoms with van der Waals surface area (Å²) in [5.74, 6) is 2.54. The van der Waals surface area contributed by atoms with E-state index in [4.69, 9.17) is 4.74 Å². The fourth-order valence-electron chi connectivity index (χ4n) is 3.34. The molecule has 1 aliphatic rings. The highest BCUT2D eigenvalue weighted by atomic mass is 35.5. The van der Waals surface area contributed by atoms with Gasteiger partial charge in [0.2, 0.25) is 5.91 Å². The minimum absolute atomic E-state index is 0. The summed E-state index contributed by atoms with van der Waals surface area (Å²) in [7, 11) is 0. The molecule has 5 heteroatoms. The normalized spacial score (nSPS) is 18.3. The number of nitrogens with one attached hydrogen (secondary N) is 2. The number of ether oxygens (including phenoxy) is 1. The molecule has 0 bridgehead atoms. The number of halogens is 1. The number of carbonyl (C=O) groups excluding carboxylic acids is 1. The van der Waals surface area contributed by atoms with Gasteiger partial charge in [-0.1, -0.05) is 39.0 Å². The maximum absolute atomic E-state index is 12.1. The van der Waals surface area contributed by atoms with Crippen LogP contribution in [0.3, 0.4) is 0 Å². The molecular formula is C20H33ClN2O2. The van der Waals surface area contributed by atoms with Crippen molar-refractivity contribution in [3.8, 4) is 5.75 Å². The zero-order valence-corrected chi connectivity index (χ0v) is 16.5. The van der Waals surface area contributed by atoms with Crippen LogP contribution in [-0.2, 0) is 4.79 Å². The molecule has 0 saturated carbocycles. The average molecular weight is 369 g/mol. The molecule has 1 aromatic rings. The molecule has 1 saturated heterocycles. The summed E-state index contributed by atoms with van der Waals surface area (Å²) < 4.78 is 5.85. The summed E-state index contributed by atoms with van der Waals surface area (Å²) in [5, 5.41) is 6.41. The first-order chi connectivity index (χ1) is 11.6. The zero-order valence-electron chi connectivity index (χ0n) is 15.7. The number of benzene rings is 1. The number of hydrogen-bond donors (Lipinski definition) is 2. The number of piperidine rings is 1. The quantitative estimate of drug-likeness (QED) is 0.687. The van der Waals surface area contributed by atoms with E-state index in [1.807, 2.05) is 18.2 Å². The largest absolute Gasteiger partial charge is 0.491 e. The second-order valence-electron chi connectivity index (χ2n) is 7.18. The third-order valence-corrected chi connectivity index (χ3v) is 4.87. The maximum Gasteiger partial charge on any atom is 0.220 e. The fourth-order valence-corrected chi connectivity index (χ4v) is 3.34. The molecule has 0 aromatic heterocycles. The van der Waals surface area contributed by atoms with Crippen LogP contribution in [-0.4, -0.2) is 32.1 Å². The first-order valence-electron chi connectivity index (χ1n) is 9.27. The predicted molar refractivity (Wildman–Crippen MR) is 106 cm³/mol. The zero-order chi connectivity index (χ0) is 17.4. The molecule has 1 amide bonds. The van der Waals surface area contributed by atoms with Gasteiger partial charge in [-0.2, -0.15) is 0 Å². The molecule has 4 nitrogen and oxygen atoms in total. The Hall–Kier alpha value is -1.26. The van der Waals surface area contributed by atoms with E-state index in [1.165, 1.54) is 18.4 Å². The number of hydrogen-bond acceptors (Lipinski definition) is 3. The first-order valence-corrected chi connectivity index (χ1v) is 9.27. The smallest absolute Gasteiger partial charge is 0.220 e. The molecule has 1 heterocycles. The van der Waals surface area contributed by atoms with Gasteiger partial charge in [-0.15, -0.1) is 12.4 Å². The van der Waals surface area contributed by atoms with Crippen LogP contribution >= 0.6 is 12.4 Å². The number of para-hydroxylation sites is 1. The molecule has 0 spiro atoms. The van der Waals surface area contributed by atoms with Crippen molar-refractivity contribution < 1.29 is 9.53 Å². The van der Waals surface area contributed by atoms with E-state index in [0.717, 1.165) is 18.8 Å². The molecule has 0 aliphatic carbocycles. The molecule has 1 fully saturated rings. The van der Waals surface area contributed by atoms with Crippen LogP contribution in [0.1, 0.15) is 51.5 Å². The Balaban J connectivity index is 0.00000312. The summed E-state index contributed by atoms with van der Waals surface area (Å²) in [5.41, 5.74) is 1.21. The molecule has 2 rings (SSSR count). The lowest BCUT2D eigenvalue weighted by Crippen LogP contribution is -2.36. The maximum atomic E-state index is 12.1. The van der Waals surface area contributed by atoms with Crippen LogP contribution in [0.5, 0.6) is 5.75 Å². The highest BCUT2D eigenvalue weighted by molar-refractivity contribution is 5.85. The van der Waals surface area contributed by atoms with Gasteiger partial charge in [0, 0.05) is 6.42 Å². The topological polar surface area (TPSA) is 50.4 Å².